The van der Waals surface area contributed by atoms with E-state index < -0.39 is 0 Å². The van der Waals surface area contributed by atoms with E-state index in [1.165, 1.54) is 37.7 Å². The van der Waals surface area contributed by atoms with E-state index in [1.54, 1.807) is 6.33 Å². The van der Waals surface area contributed by atoms with Crippen LogP contribution in [0.2, 0.25) is 0 Å². The van der Waals surface area contributed by atoms with Gasteiger partial charge in [0.2, 0.25) is 0 Å². The smallest absolute Gasteiger partial charge is 0.0977 e. The van der Waals surface area contributed by atoms with E-state index in [4.69, 9.17) is 0 Å². The van der Waals surface area contributed by atoms with E-state index in [9.17, 15) is 0 Å². The molecule has 0 aliphatic carbocycles. The van der Waals surface area contributed by atoms with Crippen molar-refractivity contribution in [1.29, 1.82) is 0 Å². The third-order valence-electron chi connectivity index (χ3n) is 3.00. The first kappa shape index (κ1) is 11.9. The lowest BCUT2D eigenvalue weighted by Crippen LogP contribution is -1.86. The van der Waals surface area contributed by atoms with Gasteiger partial charge in [-0.15, -0.1) is 0 Å². The van der Waals surface area contributed by atoms with Crippen LogP contribution < -0.4 is 0 Å². The van der Waals surface area contributed by atoms with Crippen molar-refractivity contribution in [3.05, 3.63) is 42.4 Å². The maximum absolute atomic E-state index is 4.19. The van der Waals surface area contributed by atoms with Gasteiger partial charge in [-0.25, -0.2) is 4.98 Å². The number of H-pyrrole nitrogens is 1. The molecule has 1 heterocycles. The van der Waals surface area contributed by atoms with E-state index in [0.717, 1.165) is 11.3 Å². The third kappa shape index (κ3) is 3.45. The van der Waals surface area contributed by atoms with E-state index >= 15 is 0 Å². The molecule has 0 bridgehead atoms. The molecule has 0 aliphatic heterocycles. The van der Waals surface area contributed by atoms with Gasteiger partial charge in [-0.1, -0.05) is 50.5 Å². The second kappa shape index (κ2) is 6.24. The Morgan fingerprint density at radius 1 is 1.12 bits per heavy atom. The molecule has 1 N–H and O–H groups in total. The van der Waals surface area contributed by atoms with Gasteiger partial charge in [-0.05, 0) is 18.4 Å². The quantitative estimate of drug-likeness (QED) is 0.742. The summed E-state index contributed by atoms with van der Waals surface area (Å²) in [6, 6.07) is 8.65. The second-order valence-corrected chi connectivity index (χ2v) is 4.38. The maximum atomic E-state index is 4.19. The van der Waals surface area contributed by atoms with Crippen molar-refractivity contribution >= 4 is 0 Å². The number of rotatable bonds is 6. The van der Waals surface area contributed by atoms with Gasteiger partial charge < -0.3 is 4.98 Å². The number of aryl methyl sites for hydroxylation is 1. The van der Waals surface area contributed by atoms with Crippen molar-refractivity contribution in [3.8, 4) is 11.3 Å². The lowest BCUT2D eigenvalue weighted by atomic mass is 10.0. The summed E-state index contributed by atoms with van der Waals surface area (Å²) < 4.78 is 0. The molecule has 0 fully saturated rings. The molecule has 2 nitrogen and oxygen atoms in total. The van der Waals surface area contributed by atoms with Gasteiger partial charge in [0, 0.05) is 5.56 Å². The Balaban J connectivity index is 1.90. The zero-order valence-corrected chi connectivity index (χ0v) is 10.4. The molecule has 0 saturated heterocycles. The first-order valence-electron chi connectivity index (χ1n) is 6.40. The standard InChI is InChI=1S/C15H19N2/c1-2-3-4-5-6-13-7-9-14(10-8-13)15-11-16-12-17-15/h7-10,12H,2-6H2,1H3,(H,16,17). The van der Waals surface area contributed by atoms with Crippen LogP contribution in [0.1, 0.15) is 38.2 Å². The summed E-state index contributed by atoms with van der Waals surface area (Å²) in [5.74, 6) is 0. The normalized spacial score (nSPS) is 10.6. The van der Waals surface area contributed by atoms with Crippen LogP contribution in [0.3, 0.4) is 0 Å². The van der Waals surface area contributed by atoms with Crippen LogP contribution in [-0.4, -0.2) is 9.97 Å². The zero-order chi connectivity index (χ0) is 11.9. The highest BCUT2D eigenvalue weighted by Gasteiger charge is 2.00. The minimum atomic E-state index is 0.891. The summed E-state index contributed by atoms with van der Waals surface area (Å²) in [6.45, 7) is 2.25. The van der Waals surface area contributed by atoms with Crippen molar-refractivity contribution in [2.75, 3.05) is 0 Å². The molecule has 17 heavy (non-hydrogen) atoms. The molecular weight excluding hydrogens is 208 g/mol. The number of aromatic amines is 1. The highest BCUT2D eigenvalue weighted by molar-refractivity contribution is 5.57. The number of benzene rings is 1. The average molecular weight is 227 g/mol. The molecule has 0 unspecified atom stereocenters. The van der Waals surface area contributed by atoms with Gasteiger partial charge in [-0.2, -0.15) is 0 Å². The molecule has 0 aliphatic rings. The highest BCUT2D eigenvalue weighted by Crippen LogP contribution is 2.17. The number of hydrogen-bond acceptors (Lipinski definition) is 1. The zero-order valence-electron chi connectivity index (χ0n) is 10.4. The summed E-state index contributed by atoms with van der Waals surface area (Å²) >= 11 is 0. The number of hydrogen-bond donors (Lipinski definition) is 1. The second-order valence-electron chi connectivity index (χ2n) is 4.38. The predicted molar refractivity (Wildman–Crippen MR) is 70.7 cm³/mol. The fourth-order valence-corrected chi connectivity index (χ4v) is 1.96. The van der Waals surface area contributed by atoms with Crippen LogP contribution in [-0.2, 0) is 6.42 Å². The van der Waals surface area contributed by atoms with Crippen molar-refractivity contribution in [2.24, 2.45) is 0 Å². The highest BCUT2D eigenvalue weighted by atomic mass is 14.9. The summed E-state index contributed by atoms with van der Waals surface area (Å²) in [5, 5.41) is 0. The molecule has 0 atom stereocenters. The van der Waals surface area contributed by atoms with Gasteiger partial charge in [0.15, 0.2) is 0 Å². The molecule has 89 valence electrons. The minimum absolute atomic E-state index is 0.891. The van der Waals surface area contributed by atoms with E-state index in [1.807, 2.05) is 0 Å². The Morgan fingerprint density at radius 3 is 2.59 bits per heavy atom. The van der Waals surface area contributed by atoms with Crippen LogP contribution in [0, 0.1) is 6.20 Å². The predicted octanol–water partition coefficient (Wildman–Crippen LogP) is 4.00. The first-order chi connectivity index (χ1) is 8.40. The van der Waals surface area contributed by atoms with Crippen molar-refractivity contribution in [3.63, 3.8) is 0 Å². The maximum Gasteiger partial charge on any atom is 0.0977 e. The largest absolute Gasteiger partial charge is 0.343 e. The molecule has 0 saturated carbocycles. The fraction of sp³-hybridized carbons (Fsp3) is 0.400. The molecule has 1 radical (unpaired) electrons. The molecule has 2 heteroatoms. The van der Waals surface area contributed by atoms with E-state index in [-0.39, 0.29) is 0 Å². The average Bonchev–Trinajstić information content (AvgIpc) is 2.89. The number of unbranched alkanes of at least 4 members (excludes halogenated alkanes) is 3. The number of aromatic nitrogens is 2. The van der Waals surface area contributed by atoms with Crippen LogP contribution in [0.25, 0.3) is 11.3 Å². The molecule has 2 rings (SSSR count). The van der Waals surface area contributed by atoms with Gasteiger partial charge in [0.1, 0.15) is 0 Å². The molecular formula is C15H19N2. The Morgan fingerprint density at radius 2 is 1.94 bits per heavy atom. The van der Waals surface area contributed by atoms with E-state index in [2.05, 4.69) is 47.4 Å². The van der Waals surface area contributed by atoms with Crippen LogP contribution in [0.4, 0.5) is 0 Å². The number of nitrogens with one attached hydrogen (secondary N) is 1. The van der Waals surface area contributed by atoms with Crippen LogP contribution >= 0.6 is 0 Å². The lowest BCUT2D eigenvalue weighted by molar-refractivity contribution is 0.667. The van der Waals surface area contributed by atoms with Crippen molar-refractivity contribution in [1.82, 2.24) is 9.97 Å². The van der Waals surface area contributed by atoms with Gasteiger partial charge in [0.05, 0.1) is 18.2 Å². The van der Waals surface area contributed by atoms with Crippen LogP contribution in [0.5, 0.6) is 0 Å². The van der Waals surface area contributed by atoms with E-state index in [0.29, 0.717) is 0 Å². The third-order valence-corrected chi connectivity index (χ3v) is 3.00. The van der Waals surface area contributed by atoms with Gasteiger partial charge >= 0.3 is 0 Å². The molecule has 1 aromatic carbocycles. The Hall–Kier alpha value is -1.57. The summed E-state index contributed by atoms with van der Waals surface area (Å²) in [4.78, 5) is 7.05. The molecule has 0 amide bonds. The number of imidazole rings is 1. The molecule has 0 spiro atoms. The van der Waals surface area contributed by atoms with Crippen LogP contribution in [0.15, 0.2) is 30.6 Å². The topological polar surface area (TPSA) is 28.7 Å². The minimum Gasteiger partial charge on any atom is -0.343 e. The Labute approximate surface area is 103 Å². The molecule has 1 aromatic heterocycles. The summed E-state index contributed by atoms with van der Waals surface area (Å²) in [5.41, 5.74) is 3.44. The molecule has 2 aromatic rings. The number of nitrogens with zero attached hydrogens (tertiary/aromatic N) is 1. The van der Waals surface area contributed by atoms with Crippen molar-refractivity contribution in [2.45, 2.75) is 39.0 Å². The Bertz CT molecular complexity index is 415. The first-order valence-corrected chi connectivity index (χ1v) is 6.40. The summed E-state index contributed by atoms with van der Waals surface area (Å²) in [7, 11) is 0. The SMILES string of the molecule is CCCCCCc1ccc(-c2[c][nH]cn2)cc1. The Kier molecular flexibility index (Phi) is 4.37. The monoisotopic (exact) mass is 227 g/mol. The lowest BCUT2D eigenvalue weighted by Gasteiger charge is -2.02. The fourth-order valence-electron chi connectivity index (χ4n) is 1.96. The van der Waals surface area contributed by atoms with Gasteiger partial charge in [-0.3, -0.25) is 0 Å². The summed E-state index contributed by atoms with van der Waals surface area (Å²) in [6.07, 6.45) is 11.1. The van der Waals surface area contributed by atoms with Gasteiger partial charge in [0.25, 0.3) is 0 Å². The van der Waals surface area contributed by atoms with Crippen molar-refractivity contribution < 1.29 is 0 Å².